The molecule has 20 heavy (non-hydrogen) atoms. The molecule has 0 heterocycles. The van der Waals surface area contributed by atoms with E-state index >= 15 is 0 Å². The molecular formula is C14H17FN2O3. The minimum Gasteiger partial charge on any atom is -0.481 e. The number of benzene rings is 1. The number of rotatable bonds is 3. The molecule has 0 bridgehead atoms. The normalized spacial score (nSPS) is 21.5. The number of carboxylic acids is 1. The first-order valence-electron chi connectivity index (χ1n) is 6.54. The van der Waals surface area contributed by atoms with Gasteiger partial charge in [-0.2, -0.15) is 0 Å². The predicted octanol–water partition coefficient (Wildman–Crippen LogP) is 2.51. The summed E-state index contributed by atoms with van der Waals surface area (Å²) in [5.41, 5.74) is 0.841. The molecule has 0 aromatic heterocycles. The first kappa shape index (κ1) is 14.3. The van der Waals surface area contributed by atoms with Crippen LogP contribution in [0.5, 0.6) is 0 Å². The van der Waals surface area contributed by atoms with Gasteiger partial charge in [0.05, 0.1) is 5.92 Å². The van der Waals surface area contributed by atoms with Crippen LogP contribution in [-0.4, -0.2) is 23.1 Å². The Labute approximate surface area is 116 Å². The van der Waals surface area contributed by atoms with Gasteiger partial charge in [0.15, 0.2) is 0 Å². The van der Waals surface area contributed by atoms with Gasteiger partial charge in [0.2, 0.25) is 0 Å². The standard InChI is InChI=1S/C14H17FN2O3/c1-8-5-6-9(7-11(8)15)16-14(20)17-12-4-2-3-10(12)13(18)19/h5-7,10,12H,2-4H2,1H3,(H,18,19)(H2,16,17,20). The zero-order valence-corrected chi connectivity index (χ0v) is 11.1. The summed E-state index contributed by atoms with van der Waals surface area (Å²) < 4.78 is 13.4. The van der Waals surface area contributed by atoms with Crippen molar-refractivity contribution in [3.05, 3.63) is 29.6 Å². The number of halogens is 1. The van der Waals surface area contributed by atoms with Gasteiger partial charge in [-0.15, -0.1) is 0 Å². The Hall–Kier alpha value is -2.11. The van der Waals surface area contributed by atoms with Crippen molar-refractivity contribution in [1.82, 2.24) is 5.32 Å². The summed E-state index contributed by atoms with van der Waals surface area (Å²) in [6.45, 7) is 1.63. The third-order valence-electron chi connectivity index (χ3n) is 3.58. The van der Waals surface area contributed by atoms with E-state index in [-0.39, 0.29) is 6.04 Å². The van der Waals surface area contributed by atoms with Gasteiger partial charge in [-0.3, -0.25) is 4.79 Å². The van der Waals surface area contributed by atoms with Crippen LogP contribution >= 0.6 is 0 Å². The van der Waals surface area contributed by atoms with E-state index in [1.807, 2.05) is 0 Å². The van der Waals surface area contributed by atoms with E-state index in [0.717, 1.165) is 6.42 Å². The fourth-order valence-electron chi connectivity index (χ4n) is 2.43. The second kappa shape index (κ2) is 5.90. The smallest absolute Gasteiger partial charge is 0.319 e. The Balaban J connectivity index is 1.95. The van der Waals surface area contributed by atoms with Crippen LogP contribution < -0.4 is 10.6 Å². The lowest BCUT2D eigenvalue weighted by Gasteiger charge is -2.18. The molecule has 1 aliphatic rings. The molecule has 2 rings (SSSR count). The van der Waals surface area contributed by atoms with Crippen molar-refractivity contribution in [3.8, 4) is 0 Å². The molecule has 1 aromatic rings. The summed E-state index contributed by atoms with van der Waals surface area (Å²) >= 11 is 0. The number of carbonyl (C=O) groups excluding carboxylic acids is 1. The largest absolute Gasteiger partial charge is 0.481 e. The Morgan fingerprint density at radius 3 is 2.75 bits per heavy atom. The number of carbonyl (C=O) groups is 2. The molecular weight excluding hydrogens is 263 g/mol. The van der Waals surface area contributed by atoms with Crippen LogP contribution in [-0.2, 0) is 4.79 Å². The molecule has 1 fully saturated rings. The number of carboxylic acid groups (broad SMARTS) is 1. The number of hydrogen-bond donors (Lipinski definition) is 3. The van der Waals surface area contributed by atoms with Crippen LogP contribution in [0.4, 0.5) is 14.9 Å². The van der Waals surface area contributed by atoms with E-state index in [4.69, 9.17) is 5.11 Å². The molecule has 0 radical (unpaired) electrons. The summed E-state index contributed by atoms with van der Waals surface area (Å²) in [7, 11) is 0. The summed E-state index contributed by atoms with van der Waals surface area (Å²) in [6.07, 6.45) is 1.99. The molecule has 2 amide bonds. The molecule has 1 aliphatic carbocycles. The maximum absolute atomic E-state index is 13.4. The molecule has 0 spiro atoms. The van der Waals surface area contributed by atoms with Crippen molar-refractivity contribution in [2.24, 2.45) is 5.92 Å². The van der Waals surface area contributed by atoms with Crippen LogP contribution in [0, 0.1) is 18.7 Å². The lowest BCUT2D eigenvalue weighted by Crippen LogP contribution is -2.42. The topological polar surface area (TPSA) is 78.4 Å². The van der Waals surface area contributed by atoms with Gasteiger partial charge in [0, 0.05) is 11.7 Å². The number of hydrogen-bond acceptors (Lipinski definition) is 2. The van der Waals surface area contributed by atoms with Gasteiger partial charge in [-0.05, 0) is 37.5 Å². The zero-order chi connectivity index (χ0) is 14.7. The highest BCUT2D eigenvalue weighted by molar-refractivity contribution is 5.90. The van der Waals surface area contributed by atoms with Gasteiger partial charge < -0.3 is 15.7 Å². The Morgan fingerprint density at radius 2 is 2.10 bits per heavy atom. The van der Waals surface area contributed by atoms with E-state index in [0.29, 0.717) is 24.1 Å². The number of aryl methyl sites for hydroxylation is 1. The fraction of sp³-hybridized carbons (Fsp3) is 0.429. The van der Waals surface area contributed by atoms with Gasteiger partial charge >= 0.3 is 12.0 Å². The van der Waals surface area contributed by atoms with Crippen molar-refractivity contribution in [1.29, 1.82) is 0 Å². The lowest BCUT2D eigenvalue weighted by molar-refractivity contribution is -0.142. The van der Waals surface area contributed by atoms with Gasteiger partial charge in [0.1, 0.15) is 5.82 Å². The van der Waals surface area contributed by atoms with Crippen LogP contribution in [0.3, 0.4) is 0 Å². The number of anilines is 1. The Kier molecular flexibility index (Phi) is 4.22. The minimum absolute atomic E-state index is 0.343. The molecule has 0 aliphatic heterocycles. The second-order valence-electron chi connectivity index (χ2n) is 5.04. The molecule has 108 valence electrons. The SMILES string of the molecule is Cc1ccc(NC(=O)NC2CCCC2C(=O)O)cc1F. The molecule has 1 saturated carbocycles. The van der Waals surface area contributed by atoms with E-state index in [1.165, 1.54) is 6.07 Å². The van der Waals surface area contributed by atoms with Crippen molar-refractivity contribution in [2.45, 2.75) is 32.2 Å². The Bertz CT molecular complexity index is 533. The molecule has 2 atom stereocenters. The number of amides is 2. The van der Waals surface area contributed by atoms with Gasteiger partial charge in [0.25, 0.3) is 0 Å². The van der Waals surface area contributed by atoms with Gasteiger partial charge in [-0.25, -0.2) is 9.18 Å². The number of aliphatic carboxylic acids is 1. The lowest BCUT2D eigenvalue weighted by atomic mass is 10.0. The van der Waals surface area contributed by atoms with E-state index < -0.39 is 23.7 Å². The van der Waals surface area contributed by atoms with Crippen molar-refractivity contribution < 1.29 is 19.1 Å². The van der Waals surface area contributed by atoms with Crippen LogP contribution in [0.15, 0.2) is 18.2 Å². The van der Waals surface area contributed by atoms with Crippen molar-refractivity contribution >= 4 is 17.7 Å². The quantitative estimate of drug-likeness (QED) is 0.796. The second-order valence-corrected chi connectivity index (χ2v) is 5.04. The Morgan fingerprint density at radius 1 is 1.35 bits per heavy atom. The highest BCUT2D eigenvalue weighted by Crippen LogP contribution is 2.26. The molecule has 3 N–H and O–H groups in total. The highest BCUT2D eigenvalue weighted by atomic mass is 19.1. The number of nitrogens with one attached hydrogen (secondary N) is 2. The summed E-state index contributed by atoms with van der Waals surface area (Å²) in [6, 6.07) is 3.52. The third-order valence-corrected chi connectivity index (χ3v) is 3.58. The molecule has 1 aromatic carbocycles. The first-order valence-corrected chi connectivity index (χ1v) is 6.54. The molecule has 5 nitrogen and oxygen atoms in total. The van der Waals surface area contributed by atoms with Crippen LogP contribution in [0.2, 0.25) is 0 Å². The first-order chi connectivity index (χ1) is 9.47. The van der Waals surface area contributed by atoms with Crippen molar-refractivity contribution in [2.75, 3.05) is 5.32 Å². The molecule has 6 heteroatoms. The maximum atomic E-state index is 13.4. The van der Waals surface area contributed by atoms with E-state index in [1.54, 1.807) is 19.1 Å². The monoisotopic (exact) mass is 280 g/mol. The van der Waals surface area contributed by atoms with E-state index in [2.05, 4.69) is 10.6 Å². The van der Waals surface area contributed by atoms with Crippen molar-refractivity contribution in [3.63, 3.8) is 0 Å². The fourth-order valence-corrected chi connectivity index (χ4v) is 2.43. The average molecular weight is 280 g/mol. The molecule has 2 unspecified atom stereocenters. The molecule has 0 saturated heterocycles. The van der Waals surface area contributed by atoms with Crippen LogP contribution in [0.1, 0.15) is 24.8 Å². The predicted molar refractivity (Wildman–Crippen MR) is 72.1 cm³/mol. The summed E-state index contributed by atoms with van der Waals surface area (Å²) in [5, 5.41) is 14.2. The average Bonchev–Trinajstić information content (AvgIpc) is 2.82. The van der Waals surface area contributed by atoms with Crippen LogP contribution in [0.25, 0.3) is 0 Å². The zero-order valence-electron chi connectivity index (χ0n) is 11.1. The highest BCUT2D eigenvalue weighted by Gasteiger charge is 2.33. The summed E-state index contributed by atoms with van der Waals surface area (Å²) in [4.78, 5) is 22.8. The maximum Gasteiger partial charge on any atom is 0.319 e. The summed E-state index contributed by atoms with van der Waals surface area (Å²) in [5.74, 6) is -1.84. The minimum atomic E-state index is -0.894. The third kappa shape index (κ3) is 3.26. The van der Waals surface area contributed by atoms with E-state index in [9.17, 15) is 14.0 Å². The number of urea groups is 1. The van der Waals surface area contributed by atoms with Gasteiger partial charge in [-0.1, -0.05) is 12.5 Å².